The van der Waals surface area contributed by atoms with Gasteiger partial charge >= 0.3 is 0 Å². The highest BCUT2D eigenvalue weighted by atomic mass is 16.2. The smallest absolute Gasteiger partial charge is 0.232 e. The Morgan fingerprint density at radius 2 is 1.94 bits per heavy atom. The summed E-state index contributed by atoms with van der Waals surface area (Å²) in [6.45, 7) is 8.11. The zero-order valence-electron chi connectivity index (χ0n) is 11.9. The fraction of sp³-hybridized carbons (Fsp3) is 0.533. The molecular weight excluding hydrogens is 224 g/mol. The molecule has 100 valence electrons. The molecule has 18 heavy (non-hydrogen) atoms. The lowest BCUT2D eigenvalue weighted by atomic mass is 9.97. The molecule has 1 atom stereocenters. The van der Waals surface area contributed by atoms with Gasteiger partial charge in [-0.2, -0.15) is 0 Å². The van der Waals surface area contributed by atoms with E-state index in [0.717, 1.165) is 30.8 Å². The third-order valence-corrected chi connectivity index (χ3v) is 3.25. The number of benzene rings is 1. The lowest BCUT2D eigenvalue weighted by Crippen LogP contribution is -2.23. The molecule has 0 spiro atoms. The highest BCUT2D eigenvalue weighted by Crippen LogP contribution is 2.34. The molecule has 0 radical (unpaired) electrons. The molecule has 0 aliphatic carbocycles. The van der Waals surface area contributed by atoms with E-state index >= 15 is 0 Å². The summed E-state index contributed by atoms with van der Waals surface area (Å²) in [4.78, 5) is 14.0. The van der Waals surface area contributed by atoms with Crippen LogP contribution in [-0.2, 0) is 4.79 Å². The molecular formula is C15H24N2O. The third-order valence-electron chi connectivity index (χ3n) is 3.25. The Hall–Kier alpha value is -1.35. The van der Waals surface area contributed by atoms with E-state index in [1.807, 2.05) is 38.1 Å². The van der Waals surface area contributed by atoms with Crippen LogP contribution in [0.15, 0.2) is 24.3 Å². The SMILES string of the molecule is CC.CCN(C)CCC1C(=O)Nc2ccccc21. The quantitative estimate of drug-likeness (QED) is 0.888. The average molecular weight is 248 g/mol. The van der Waals surface area contributed by atoms with Crippen molar-refractivity contribution in [1.29, 1.82) is 0 Å². The van der Waals surface area contributed by atoms with Crippen LogP contribution in [0.5, 0.6) is 0 Å². The normalized spacial score (nSPS) is 16.9. The molecule has 1 amide bonds. The van der Waals surface area contributed by atoms with Gasteiger partial charge in [-0.05, 0) is 38.2 Å². The first-order valence-corrected chi connectivity index (χ1v) is 6.80. The standard InChI is InChI=1S/C13H18N2O.C2H6/c1-3-15(2)9-8-11-10-6-4-5-7-12(10)14-13(11)16;1-2/h4-7,11H,3,8-9H2,1-2H3,(H,14,16);1-2H3. The van der Waals surface area contributed by atoms with Crippen molar-refractivity contribution in [2.75, 3.05) is 25.5 Å². The highest BCUT2D eigenvalue weighted by Gasteiger charge is 2.29. The number of rotatable bonds is 4. The van der Waals surface area contributed by atoms with Crippen LogP contribution in [0, 0.1) is 0 Å². The van der Waals surface area contributed by atoms with Crippen molar-refractivity contribution in [3.63, 3.8) is 0 Å². The van der Waals surface area contributed by atoms with Crippen molar-refractivity contribution in [2.24, 2.45) is 0 Å². The predicted octanol–water partition coefficient (Wildman–Crippen LogP) is 3.09. The number of nitrogens with one attached hydrogen (secondary N) is 1. The van der Waals surface area contributed by atoms with E-state index in [2.05, 4.69) is 24.2 Å². The fourth-order valence-corrected chi connectivity index (χ4v) is 2.07. The lowest BCUT2D eigenvalue weighted by molar-refractivity contribution is -0.117. The predicted molar refractivity (Wildman–Crippen MR) is 76.9 cm³/mol. The monoisotopic (exact) mass is 248 g/mol. The summed E-state index contributed by atoms with van der Waals surface area (Å²) in [6.07, 6.45) is 0.896. The van der Waals surface area contributed by atoms with Crippen LogP contribution in [0.3, 0.4) is 0 Å². The largest absolute Gasteiger partial charge is 0.325 e. The van der Waals surface area contributed by atoms with Gasteiger partial charge in [-0.1, -0.05) is 39.0 Å². The number of anilines is 1. The summed E-state index contributed by atoms with van der Waals surface area (Å²) in [5.74, 6) is 0.177. The molecule has 0 bridgehead atoms. The molecule has 1 aliphatic heterocycles. The summed E-state index contributed by atoms with van der Waals surface area (Å²) in [5, 5.41) is 2.93. The minimum atomic E-state index is 0.0326. The van der Waals surface area contributed by atoms with Crippen LogP contribution >= 0.6 is 0 Å². The first-order chi connectivity index (χ1) is 8.72. The highest BCUT2D eigenvalue weighted by molar-refractivity contribution is 6.02. The van der Waals surface area contributed by atoms with Gasteiger partial charge < -0.3 is 10.2 Å². The van der Waals surface area contributed by atoms with E-state index in [4.69, 9.17) is 0 Å². The number of amides is 1. The second-order valence-corrected chi connectivity index (χ2v) is 4.31. The maximum Gasteiger partial charge on any atom is 0.232 e. The van der Waals surface area contributed by atoms with Crippen molar-refractivity contribution in [2.45, 2.75) is 33.1 Å². The van der Waals surface area contributed by atoms with Crippen molar-refractivity contribution in [3.05, 3.63) is 29.8 Å². The molecule has 1 heterocycles. The molecule has 1 aliphatic rings. The molecule has 3 heteroatoms. The zero-order chi connectivity index (χ0) is 13.5. The number of fused-ring (bicyclic) bond motifs is 1. The molecule has 0 saturated heterocycles. The minimum Gasteiger partial charge on any atom is -0.325 e. The Bertz CT molecular complexity index is 390. The van der Waals surface area contributed by atoms with Crippen molar-refractivity contribution < 1.29 is 4.79 Å². The van der Waals surface area contributed by atoms with Gasteiger partial charge in [0, 0.05) is 5.69 Å². The molecule has 1 unspecified atom stereocenters. The molecule has 0 aromatic heterocycles. The number of carbonyl (C=O) groups is 1. The summed E-state index contributed by atoms with van der Waals surface area (Å²) in [7, 11) is 2.08. The van der Waals surface area contributed by atoms with Crippen molar-refractivity contribution in [1.82, 2.24) is 4.90 Å². The van der Waals surface area contributed by atoms with Gasteiger partial charge in [0.25, 0.3) is 0 Å². The first-order valence-electron chi connectivity index (χ1n) is 6.80. The number of hydrogen-bond donors (Lipinski definition) is 1. The van der Waals surface area contributed by atoms with Crippen molar-refractivity contribution in [3.8, 4) is 0 Å². The number of carbonyl (C=O) groups excluding carboxylic acids is 1. The third kappa shape index (κ3) is 3.33. The maximum absolute atomic E-state index is 11.8. The Labute approximate surface area is 110 Å². The van der Waals surface area contributed by atoms with Crippen LogP contribution in [0.4, 0.5) is 5.69 Å². The van der Waals surface area contributed by atoms with E-state index in [1.165, 1.54) is 0 Å². The van der Waals surface area contributed by atoms with E-state index < -0.39 is 0 Å². The molecule has 0 saturated carbocycles. The second kappa shape index (κ2) is 7.17. The Morgan fingerprint density at radius 3 is 2.61 bits per heavy atom. The Balaban J connectivity index is 0.000000771. The topological polar surface area (TPSA) is 32.3 Å². The molecule has 3 nitrogen and oxygen atoms in total. The summed E-state index contributed by atoms with van der Waals surface area (Å²) in [6, 6.07) is 7.97. The van der Waals surface area contributed by atoms with E-state index in [-0.39, 0.29) is 11.8 Å². The van der Waals surface area contributed by atoms with Crippen LogP contribution in [0.1, 0.15) is 38.7 Å². The number of hydrogen-bond acceptors (Lipinski definition) is 2. The molecule has 1 aromatic carbocycles. The average Bonchev–Trinajstić information content (AvgIpc) is 2.74. The summed E-state index contributed by atoms with van der Waals surface area (Å²) < 4.78 is 0. The van der Waals surface area contributed by atoms with Gasteiger partial charge in [-0.3, -0.25) is 4.79 Å². The molecule has 2 rings (SSSR count). The van der Waals surface area contributed by atoms with Gasteiger partial charge in [0.15, 0.2) is 0 Å². The molecule has 1 aromatic rings. The first kappa shape index (κ1) is 14.7. The second-order valence-electron chi connectivity index (χ2n) is 4.31. The Morgan fingerprint density at radius 1 is 1.28 bits per heavy atom. The summed E-state index contributed by atoms with van der Waals surface area (Å²) >= 11 is 0. The van der Waals surface area contributed by atoms with Gasteiger partial charge in [-0.15, -0.1) is 0 Å². The van der Waals surface area contributed by atoms with Crippen LogP contribution < -0.4 is 5.32 Å². The van der Waals surface area contributed by atoms with Crippen LogP contribution in [0.2, 0.25) is 0 Å². The lowest BCUT2D eigenvalue weighted by Gasteiger charge is -2.16. The summed E-state index contributed by atoms with van der Waals surface area (Å²) in [5.41, 5.74) is 2.13. The van der Waals surface area contributed by atoms with Crippen LogP contribution in [-0.4, -0.2) is 30.9 Å². The van der Waals surface area contributed by atoms with Gasteiger partial charge in [0.2, 0.25) is 5.91 Å². The van der Waals surface area contributed by atoms with Gasteiger partial charge in [-0.25, -0.2) is 0 Å². The Kier molecular flexibility index (Phi) is 5.86. The van der Waals surface area contributed by atoms with E-state index in [1.54, 1.807) is 0 Å². The number of nitrogens with zero attached hydrogens (tertiary/aromatic N) is 1. The fourth-order valence-electron chi connectivity index (χ4n) is 2.07. The van der Waals surface area contributed by atoms with E-state index in [0.29, 0.717) is 0 Å². The van der Waals surface area contributed by atoms with Gasteiger partial charge in [0.05, 0.1) is 5.92 Å². The van der Waals surface area contributed by atoms with Crippen LogP contribution in [0.25, 0.3) is 0 Å². The van der Waals surface area contributed by atoms with E-state index in [9.17, 15) is 4.79 Å². The zero-order valence-corrected chi connectivity index (χ0v) is 11.9. The number of para-hydroxylation sites is 1. The van der Waals surface area contributed by atoms with Gasteiger partial charge in [0.1, 0.15) is 0 Å². The van der Waals surface area contributed by atoms with Crippen molar-refractivity contribution >= 4 is 11.6 Å². The molecule has 1 N–H and O–H groups in total. The maximum atomic E-state index is 11.8. The minimum absolute atomic E-state index is 0.0326. The molecule has 0 fully saturated rings.